The number of aryl methyl sites for hydroxylation is 2. The fourth-order valence-corrected chi connectivity index (χ4v) is 2.99. The molecule has 2 aromatic carbocycles. The van der Waals surface area contributed by atoms with Crippen molar-refractivity contribution >= 4 is 34.8 Å². The van der Waals surface area contributed by atoms with E-state index >= 15 is 0 Å². The van der Waals surface area contributed by atoms with Crippen molar-refractivity contribution in [3.8, 4) is 0 Å². The van der Waals surface area contributed by atoms with Gasteiger partial charge in [-0.15, -0.1) is 11.8 Å². The number of hydrazone groups is 1. The number of benzene rings is 2. The van der Waals surface area contributed by atoms with Crippen LogP contribution in [0.2, 0.25) is 0 Å². The molecule has 1 amide bonds. The van der Waals surface area contributed by atoms with Gasteiger partial charge >= 0.3 is 0 Å². The zero-order valence-electron chi connectivity index (χ0n) is 14.4. The molecule has 1 heterocycles. The van der Waals surface area contributed by atoms with Gasteiger partial charge in [-0.3, -0.25) is 9.78 Å². The number of pyridine rings is 1. The average Bonchev–Trinajstić information content (AvgIpc) is 2.62. The second kappa shape index (κ2) is 7.49. The first-order valence-corrected chi connectivity index (χ1v) is 9.15. The third-order valence-corrected chi connectivity index (χ3v) is 4.72. The van der Waals surface area contributed by atoms with Crippen molar-refractivity contribution in [3.05, 3.63) is 70.9 Å². The van der Waals surface area contributed by atoms with Gasteiger partial charge in [-0.2, -0.15) is 5.10 Å². The fourth-order valence-electron chi connectivity index (χ4n) is 2.58. The molecule has 0 fully saturated rings. The molecule has 25 heavy (non-hydrogen) atoms. The molecule has 4 nitrogen and oxygen atoms in total. The van der Waals surface area contributed by atoms with Gasteiger partial charge in [0.1, 0.15) is 0 Å². The third-order valence-electron chi connectivity index (χ3n) is 3.98. The van der Waals surface area contributed by atoms with Crippen molar-refractivity contribution < 1.29 is 4.79 Å². The first-order chi connectivity index (χ1) is 12.1. The Morgan fingerprint density at radius 1 is 1.16 bits per heavy atom. The highest BCUT2D eigenvalue weighted by molar-refractivity contribution is 7.98. The van der Waals surface area contributed by atoms with Crippen LogP contribution in [0, 0.1) is 13.8 Å². The Hall–Kier alpha value is -2.66. The fraction of sp³-hybridized carbons (Fsp3) is 0.150. The number of hydrogen-bond donors (Lipinski definition) is 1. The molecule has 0 spiro atoms. The minimum absolute atomic E-state index is 0.259. The van der Waals surface area contributed by atoms with E-state index in [-0.39, 0.29) is 5.91 Å². The van der Waals surface area contributed by atoms with Crippen LogP contribution in [0.3, 0.4) is 0 Å². The van der Waals surface area contributed by atoms with Gasteiger partial charge in [0.25, 0.3) is 5.91 Å². The van der Waals surface area contributed by atoms with E-state index in [0.29, 0.717) is 11.3 Å². The molecule has 0 unspecified atom stereocenters. The summed E-state index contributed by atoms with van der Waals surface area (Å²) in [7, 11) is 0. The standard InChI is InChI=1S/C20H19N3OS/c1-13-5-4-6-16-11-18(14(2)22-19(13)16)20(24)23-21-12-15-7-9-17(25-3)10-8-15/h4-12H,1-3H3,(H,23,24)/b21-12+. The first-order valence-electron chi connectivity index (χ1n) is 7.93. The van der Waals surface area contributed by atoms with E-state index in [0.717, 1.165) is 22.0 Å². The highest BCUT2D eigenvalue weighted by Gasteiger charge is 2.11. The molecule has 0 aliphatic carbocycles. The van der Waals surface area contributed by atoms with E-state index in [9.17, 15) is 4.79 Å². The van der Waals surface area contributed by atoms with Crippen molar-refractivity contribution in [1.29, 1.82) is 0 Å². The van der Waals surface area contributed by atoms with Crippen LogP contribution < -0.4 is 5.43 Å². The molecule has 1 N–H and O–H groups in total. The predicted molar refractivity (Wildman–Crippen MR) is 105 cm³/mol. The van der Waals surface area contributed by atoms with Crippen molar-refractivity contribution in [1.82, 2.24) is 10.4 Å². The zero-order valence-corrected chi connectivity index (χ0v) is 15.2. The van der Waals surface area contributed by atoms with Gasteiger partial charge in [0.05, 0.1) is 23.0 Å². The lowest BCUT2D eigenvalue weighted by atomic mass is 10.1. The van der Waals surface area contributed by atoms with Crippen LogP contribution >= 0.6 is 11.8 Å². The topological polar surface area (TPSA) is 54.4 Å². The number of nitrogens with zero attached hydrogens (tertiary/aromatic N) is 2. The molecular formula is C20H19N3OS. The lowest BCUT2D eigenvalue weighted by Gasteiger charge is -2.07. The van der Waals surface area contributed by atoms with Crippen LogP contribution in [0.25, 0.3) is 10.9 Å². The molecule has 0 aliphatic heterocycles. The summed E-state index contributed by atoms with van der Waals surface area (Å²) in [6, 6.07) is 15.8. The van der Waals surface area contributed by atoms with E-state index in [2.05, 4.69) is 15.5 Å². The van der Waals surface area contributed by atoms with Crippen molar-refractivity contribution in [3.63, 3.8) is 0 Å². The second-order valence-electron chi connectivity index (χ2n) is 5.74. The maximum absolute atomic E-state index is 12.4. The predicted octanol–water partition coefficient (Wildman–Crippen LogP) is 4.34. The quantitative estimate of drug-likeness (QED) is 0.433. The number of aromatic nitrogens is 1. The SMILES string of the molecule is CSc1ccc(/C=N/NC(=O)c2cc3cccc(C)c3nc2C)cc1. The summed E-state index contributed by atoms with van der Waals surface area (Å²) in [6.45, 7) is 3.85. The van der Waals surface area contributed by atoms with E-state index in [1.165, 1.54) is 4.90 Å². The molecule has 126 valence electrons. The van der Waals surface area contributed by atoms with Gasteiger partial charge in [0.2, 0.25) is 0 Å². The highest BCUT2D eigenvalue weighted by Crippen LogP contribution is 2.19. The van der Waals surface area contributed by atoms with Crippen molar-refractivity contribution in [2.75, 3.05) is 6.26 Å². The number of nitrogens with one attached hydrogen (secondary N) is 1. The summed E-state index contributed by atoms with van der Waals surface area (Å²) >= 11 is 1.69. The minimum atomic E-state index is -0.259. The van der Waals surface area contributed by atoms with Crippen LogP contribution in [0.4, 0.5) is 0 Å². The van der Waals surface area contributed by atoms with Crippen LogP contribution in [0.15, 0.2) is 58.5 Å². The number of carbonyl (C=O) groups is 1. The summed E-state index contributed by atoms with van der Waals surface area (Å²) in [5, 5.41) is 5.00. The van der Waals surface area contributed by atoms with Crippen molar-refractivity contribution in [2.24, 2.45) is 5.10 Å². The Bertz CT molecular complexity index is 949. The zero-order chi connectivity index (χ0) is 17.8. The van der Waals surface area contributed by atoms with Gasteiger partial charge in [-0.1, -0.05) is 30.3 Å². The molecule has 0 atom stereocenters. The first kappa shape index (κ1) is 17.2. The number of carbonyl (C=O) groups excluding carboxylic acids is 1. The molecule has 0 saturated heterocycles. The molecule has 3 rings (SSSR count). The van der Waals surface area contributed by atoms with Gasteiger partial charge < -0.3 is 0 Å². The van der Waals surface area contributed by atoms with Gasteiger partial charge in [0, 0.05) is 10.3 Å². The summed E-state index contributed by atoms with van der Waals surface area (Å²) in [5.74, 6) is -0.259. The molecule has 0 radical (unpaired) electrons. The van der Waals surface area contributed by atoms with E-state index in [1.807, 2.05) is 68.6 Å². The molecule has 0 saturated carbocycles. The van der Waals surface area contributed by atoms with E-state index < -0.39 is 0 Å². The van der Waals surface area contributed by atoms with E-state index in [4.69, 9.17) is 0 Å². The van der Waals surface area contributed by atoms with Crippen LogP contribution in [0.1, 0.15) is 27.2 Å². The Morgan fingerprint density at radius 2 is 1.92 bits per heavy atom. The summed E-state index contributed by atoms with van der Waals surface area (Å²) in [4.78, 5) is 18.2. The number of para-hydroxylation sites is 1. The molecule has 0 aliphatic rings. The summed E-state index contributed by atoms with van der Waals surface area (Å²) in [5.41, 5.74) is 6.76. The number of hydrogen-bond acceptors (Lipinski definition) is 4. The number of rotatable bonds is 4. The van der Waals surface area contributed by atoms with Gasteiger partial charge in [0.15, 0.2) is 0 Å². The van der Waals surface area contributed by atoms with E-state index in [1.54, 1.807) is 18.0 Å². The Balaban J connectivity index is 1.77. The molecule has 5 heteroatoms. The largest absolute Gasteiger partial charge is 0.273 e. The normalized spacial score (nSPS) is 11.2. The van der Waals surface area contributed by atoms with Gasteiger partial charge in [-0.25, -0.2) is 5.43 Å². The summed E-state index contributed by atoms with van der Waals surface area (Å²) < 4.78 is 0. The lowest BCUT2D eigenvalue weighted by Crippen LogP contribution is -2.19. The molecule has 3 aromatic rings. The maximum Gasteiger partial charge on any atom is 0.273 e. The Labute approximate surface area is 151 Å². The Kier molecular flexibility index (Phi) is 5.14. The van der Waals surface area contributed by atoms with Crippen LogP contribution in [-0.4, -0.2) is 23.4 Å². The van der Waals surface area contributed by atoms with Gasteiger partial charge in [-0.05, 0) is 49.4 Å². The average molecular weight is 349 g/mol. The highest BCUT2D eigenvalue weighted by atomic mass is 32.2. The third kappa shape index (κ3) is 3.88. The summed E-state index contributed by atoms with van der Waals surface area (Å²) in [6.07, 6.45) is 3.67. The molecule has 0 bridgehead atoms. The second-order valence-corrected chi connectivity index (χ2v) is 6.62. The van der Waals surface area contributed by atoms with Crippen LogP contribution in [0.5, 0.6) is 0 Å². The molecular weight excluding hydrogens is 330 g/mol. The lowest BCUT2D eigenvalue weighted by molar-refractivity contribution is 0.0954. The van der Waals surface area contributed by atoms with Crippen LogP contribution in [-0.2, 0) is 0 Å². The Morgan fingerprint density at radius 3 is 2.64 bits per heavy atom. The van der Waals surface area contributed by atoms with Crippen molar-refractivity contribution in [2.45, 2.75) is 18.7 Å². The number of thioether (sulfide) groups is 1. The smallest absolute Gasteiger partial charge is 0.267 e. The maximum atomic E-state index is 12.4. The monoisotopic (exact) mass is 349 g/mol. The molecule has 1 aromatic heterocycles. The number of fused-ring (bicyclic) bond motifs is 1. The minimum Gasteiger partial charge on any atom is -0.267 e. The number of amides is 1.